The summed E-state index contributed by atoms with van der Waals surface area (Å²) in [5.74, 6) is -0.411. The molecule has 0 saturated heterocycles. The van der Waals surface area contributed by atoms with Gasteiger partial charge in [0, 0.05) is 23.2 Å². The summed E-state index contributed by atoms with van der Waals surface area (Å²) in [4.78, 5) is 39.0. The molecule has 2 heterocycles. The van der Waals surface area contributed by atoms with E-state index in [4.69, 9.17) is 13.9 Å². The fourth-order valence-electron chi connectivity index (χ4n) is 2.98. The third-order valence-corrected chi connectivity index (χ3v) is 4.35. The van der Waals surface area contributed by atoms with Gasteiger partial charge in [-0.25, -0.2) is 9.59 Å². The summed E-state index contributed by atoms with van der Waals surface area (Å²) >= 11 is 0. The number of rotatable bonds is 5. The van der Waals surface area contributed by atoms with E-state index in [1.54, 1.807) is 45.0 Å². The third kappa shape index (κ3) is 3.48. The molecule has 0 spiro atoms. The molecule has 1 atom stereocenters. The van der Waals surface area contributed by atoms with Crippen LogP contribution in [-0.4, -0.2) is 30.0 Å². The number of H-pyrrole nitrogens is 1. The molecular formula is C20H19NO6. The van der Waals surface area contributed by atoms with E-state index >= 15 is 0 Å². The van der Waals surface area contributed by atoms with Crippen LogP contribution in [0.3, 0.4) is 0 Å². The second kappa shape index (κ2) is 7.11. The van der Waals surface area contributed by atoms with Crippen molar-refractivity contribution in [2.45, 2.75) is 26.9 Å². The van der Waals surface area contributed by atoms with Gasteiger partial charge in [-0.1, -0.05) is 0 Å². The maximum Gasteiger partial charge on any atom is 0.339 e. The first-order valence-corrected chi connectivity index (χ1v) is 8.34. The van der Waals surface area contributed by atoms with Crippen molar-refractivity contribution in [3.05, 3.63) is 63.3 Å². The van der Waals surface area contributed by atoms with Gasteiger partial charge in [-0.2, -0.15) is 0 Å². The van der Waals surface area contributed by atoms with Crippen molar-refractivity contribution in [1.82, 2.24) is 4.98 Å². The van der Waals surface area contributed by atoms with E-state index in [1.165, 1.54) is 13.2 Å². The molecule has 3 rings (SSSR count). The minimum absolute atomic E-state index is 0.299. The number of aryl methyl sites for hydroxylation is 1. The maximum atomic E-state index is 12.8. The van der Waals surface area contributed by atoms with E-state index in [0.29, 0.717) is 33.8 Å². The highest BCUT2D eigenvalue weighted by Gasteiger charge is 2.26. The van der Waals surface area contributed by atoms with Gasteiger partial charge in [0.05, 0.1) is 18.4 Å². The predicted octanol–water partition coefficient (Wildman–Crippen LogP) is 3.17. The SMILES string of the molecule is COC(=O)c1c(C)[nH]c(C(=O)[C@H](C)Oc2ccc3ccc(=O)oc3c2)c1C. The lowest BCUT2D eigenvalue weighted by Gasteiger charge is -2.14. The van der Waals surface area contributed by atoms with E-state index in [-0.39, 0.29) is 5.78 Å². The van der Waals surface area contributed by atoms with Crippen LogP contribution in [0.15, 0.2) is 39.5 Å². The Morgan fingerprint density at radius 3 is 2.56 bits per heavy atom. The molecule has 1 N–H and O–H groups in total. The van der Waals surface area contributed by atoms with Gasteiger partial charge in [-0.05, 0) is 44.5 Å². The standard InChI is InChI=1S/C20H19NO6/c1-10-17(20(24)25-4)11(2)21-18(10)19(23)12(3)26-14-7-5-13-6-8-16(22)27-15(13)9-14/h5-9,12,21H,1-4H3/t12-/m0/s1. The molecule has 7 heteroatoms. The highest BCUT2D eigenvalue weighted by atomic mass is 16.5. The first kappa shape index (κ1) is 18.4. The van der Waals surface area contributed by atoms with Gasteiger partial charge in [-0.3, -0.25) is 4.79 Å². The van der Waals surface area contributed by atoms with Crippen LogP contribution in [0.4, 0.5) is 0 Å². The predicted molar refractivity (Wildman–Crippen MR) is 98.5 cm³/mol. The average Bonchev–Trinajstić information content (AvgIpc) is 2.94. The van der Waals surface area contributed by atoms with Crippen LogP contribution in [0.5, 0.6) is 5.75 Å². The molecule has 0 unspecified atom stereocenters. The molecule has 7 nitrogen and oxygen atoms in total. The normalized spacial score (nSPS) is 12.0. The summed E-state index contributed by atoms with van der Waals surface area (Å²) in [6.07, 6.45) is -0.819. The molecule has 0 aliphatic rings. The van der Waals surface area contributed by atoms with Crippen LogP contribution in [0, 0.1) is 13.8 Å². The molecule has 140 valence electrons. The van der Waals surface area contributed by atoms with Crippen molar-refractivity contribution in [3.63, 3.8) is 0 Å². The Hall–Kier alpha value is -3.35. The van der Waals surface area contributed by atoms with E-state index < -0.39 is 17.7 Å². The first-order valence-electron chi connectivity index (χ1n) is 8.34. The van der Waals surface area contributed by atoms with E-state index in [2.05, 4.69) is 4.98 Å². The van der Waals surface area contributed by atoms with Crippen molar-refractivity contribution in [3.8, 4) is 5.75 Å². The number of carbonyl (C=O) groups is 2. The van der Waals surface area contributed by atoms with Gasteiger partial charge >= 0.3 is 11.6 Å². The number of Topliss-reactive ketones (excluding diaryl/α,β-unsaturated/α-hetero) is 1. The number of esters is 1. The van der Waals surface area contributed by atoms with Crippen LogP contribution in [0.25, 0.3) is 11.0 Å². The molecule has 27 heavy (non-hydrogen) atoms. The van der Waals surface area contributed by atoms with Crippen LogP contribution in [0.2, 0.25) is 0 Å². The first-order chi connectivity index (χ1) is 12.8. The Labute approximate surface area is 154 Å². The third-order valence-electron chi connectivity index (χ3n) is 4.35. The van der Waals surface area contributed by atoms with E-state index in [0.717, 1.165) is 5.39 Å². The second-order valence-electron chi connectivity index (χ2n) is 6.19. The molecule has 0 aliphatic carbocycles. The molecule has 0 aliphatic heterocycles. The van der Waals surface area contributed by atoms with Crippen molar-refractivity contribution in [1.29, 1.82) is 0 Å². The zero-order chi connectivity index (χ0) is 19.7. The fourth-order valence-corrected chi connectivity index (χ4v) is 2.98. The van der Waals surface area contributed by atoms with Gasteiger partial charge in [0.2, 0.25) is 5.78 Å². The largest absolute Gasteiger partial charge is 0.482 e. The highest BCUT2D eigenvalue weighted by molar-refractivity contribution is 6.03. The molecule has 0 saturated carbocycles. The summed E-state index contributed by atoms with van der Waals surface area (Å²) in [5.41, 5.74) is 1.64. The van der Waals surface area contributed by atoms with Crippen molar-refractivity contribution < 1.29 is 23.5 Å². The summed E-state index contributed by atoms with van der Waals surface area (Å²) in [5, 5.41) is 0.750. The number of ether oxygens (including phenoxy) is 2. The number of aromatic amines is 1. The second-order valence-corrected chi connectivity index (χ2v) is 6.19. The average molecular weight is 369 g/mol. The van der Waals surface area contributed by atoms with Gasteiger partial charge in [0.25, 0.3) is 0 Å². The van der Waals surface area contributed by atoms with Crippen molar-refractivity contribution >= 4 is 22.7 Å². The molecule has 0 bridgehead atoms. The number of hydrogen-bond acceptors (Lipinski definition) is 6. The Balaban J connectivity index is 1.86. The van der Waals surface area contributed by atoms with Crippen LogP contribution in [-0.2, 0) is 4.74 Å². The molecule has 3 aromatic rings. The number of carbonyl (C=O) groups excluding carboxylic acids is 2. The lowest BCUT2D eigenvalue weighted by atomic mass is 10.1. The van der Waals surface area contributed by atoms with Gasteiger partial charge in [0.1, 0.15) is 11.3 Å². The smallest absolute Gasteiger partial charge is 0.339 e. The van der Waals surface area contributed by atoms with Crippen LogP contribution < -0.4 is 10.4 Å². The number of fused-ring (bicyclic) bond motifs is 1. The topological polar surface area (TPSA) is 98.6 Å². The van der Waals surface area contributed by atoms with Gasteiger partial charge in [0.15, 0.2) is 6.10 Å². The fraction of sp³-hybridized carbons (Fsp3) is 0.250. The Morgan fingerprint density at radius 2 is 1.85 bits per heavy atom. The monoisotopic (exact) mass is 369 g/mol. The van der Waals surface area contributed by atoms with Crippen molar-refractivity contribution in [2.24, 2.45) is 0 Å². The minimum Gasteiger partial charge on any atom is -0.482 e. The molecule has 0 amide bonds. The van der Waals surface area contributed by atoms with E-state index in [9.17, 15) is 14.4 Å². The summed E-state index contributed by atoms with van der Waals surface area (Å²) < 4.78 is 15.6. The summed E-state index contributed by atoms with van der Waals surface area (Å²) in [6, 6.07) is 7.99. The van der Waals surface area contributed by atoms with Crippen molar-refractivity contribution in [2.75, 3.05) is 7.11 Å². The zero-order valence-corrected chi connectivity index (χ0v) is 15.4. The zero-order valence-electron chi connectivity index (χ0n) is 15.4. The molecular weight excluding hydrogens is 350 g/mol. The Kier molecular flexibility index (Phi) is 4.85. The van der Waals surface area contributed by atoms with Gasteiger partial charge in [-0.15, -0.1) is 0 Å². The number of aromatic nitrogens is 1. The lowest BCUT2D eigenvalue weighted by Crippen LogP contribution is -2.25. The minimum atomic E-state index is -0.819. The van der Waals surface area contributed by atoms with Gasteiger partial charge < -0.3 is 18.9 Å². The Bertz CT molecular complexity index is 1090. The lowest BCUT2D eigenvalue weighted by molar-refractivity contribution is 0.0599. The summed E-state index contributed by atoms with van der Waals surface area (Å²) in [6.45, 7) is 4.99. The van der Waals surface area contributed by atoms with Crippen LogP contribution >= 0.6 is 0 Å². The molecule has 0 fully saturated rings. The molecule has 2 aromatic heterocycles. The maximum absolute atomic E-state index is 12.8. The van der Waals surface area contributed by atoms with E-state index in [1.807, 2.05) is 0 Å². The number of hydrogen-bond donors (Lipinski definition) is 1. The molecule has 1 aromatic carbocycles. The van der Waals surface area contributed by atoms with Crippen LogP contribution in [0.1, 0.15) is 39.0 Å². The number of methoxy groups -OCH3 is 1. The summed E-state index contributed by atoms with van der Waals surface area (Å²) in [7, 11) is 1.29. The number of benzene rings is 1. The number of nitrogens with one attached hydrogen (secondary N) is 1. The highest BCUT2D eigenvalue weighted by Crippen LogP contribution is 2.23. The number of ketones is 1. The molecule has 0 radical (unpaired) electrons. The quantitative estimate of drug-likeness (QED) is 0.421. The Morgan fingerprint density at radius 1 is 1.15 bits per heavy atom.